The van der Waals surface area contributed by atoms with Crippen LogP contribution in [-0.4, -0.2) is 30.2 Å². The summed E-state index contributed by atoms with van der Waals surface area (Å²) in [6.07, 6.45) is 0.379. The fraction of sp³-hybridized carbons (Fsp3) is 0.219. The third kappa shape index (κ3) is 6.91. The normalized spacial score (nSPS) is 11.7. The molecule has 0 heterocycles. The van der Waals surface area contributed by atoms with E-state index in [9.17, 15) is 9.90 Å². The van der Waals surface area contributed by atoms with Crippen LogP contribution >= 0.6 is 0 Å². The van der Waals surface area contributed by atoms with Crippen molar-refractivity contribution in [1.82, 2.24) is 10.6 Å². The van der Waals surface area contributed by atoms with Gasteiger partial charge in [-0.2, -0.15) is 0 Å². The van der Waals surface area contributed by atoms with Gasteiger partial charge >= 0.3 is 5.97 Å². The summed E-state index contributed by atoms with van der Waals surface area (Å²) < 4.78 is 0. The zero-order chi connectivity index (χ0) is 25.6. The van der Waals surface area contributed by atoms with Gasteiger partial charge in [0.25, 0.3) is 0 Å². The van der Waals surface area contributed by atoms with Gasteiger partial charge in [-0.15, -0.1) is 0 Å². The number of carbonyl (C=O) groups is 1. The standard InChI is InChI=1S/C28H25NO2.C4H11N/c30-27(31)26(21-22-13-5-1-6-14-22)29-28(23-15-7-2-8-16-23,24-17-9-3-10-18-24)25-19-11-4-12-20-25;1-3-5-4-2/h1-20,26,29H,21H2,(H,30,31);5H,3-4H2,1-2H3/t26-;/m1./s1. The number of aliphatic carboxylic acids is 1. The highest BCUT2D eigenvalue weighted by Crippen LogP contribution is 2.37. The van der Waals surface area contributed by atoms with E-state index in [0.29, 0.717) is 6.42 Å². The molecule has 4 aromatic carbocycles. The Hall–Kier alpha value is -3.73. The molecule has 4 rings (SSSR count). The first-order valence-electron chi connectivity index (χ1n) is 12.5. The molecular weight excluding hydrogens is 444 g/mol. The number of nitrogens with one attached hydrogen (secondary N) is 2. The average molecular weight is 481 g/mol. The Morgan fingerprint density at radius 1 is 0.667 bits per heavy atom. The SMILES string of the molecule is CCNCC.O=C(O)[C@@H](Cc1ccccc1)NC(c1ccccc1)(c1ccccc1)c1ccccc1. The van der Waals surface area contributed by atoms with E-state index in [4.69, 9.17) is 0 Å². The van der Waals surface area contributed by atoms with Gasteiger partial charge in [0.1, 0.15) is 6.04 Å². The third-order valence-corrected chi connectivity index (χ3v) is 6.09. The van der Waals surface area contributed by atoms with Crippen LogP contribution in [-0.2, 0) is 16.8 Å². The van der Waals surface area contributed by atoms with Crippen LogP contribution in [0.1, 0.15) is 36.1 Å². The molecule has 0 aliphatic heterocycles. The van der Waals surface area contributed by atoms with E-state index in [1.54, 1.807) is 0 Å². The molecule has 0 amide bonds. The van der Waals surface area contributed by atoms with Crippen LogP contribution in [0.3, 0.4) is 0 Å². The summed E-state index contributed by atoms with van der Waals surface area (Å²) in [5.41, 5.74) is 3.14. The summed E-state index contributed by atoms with van der Waals surface area (Å²) in [6, 6.07) is 39.1. The first-order chi connectivity index (χ1) is 17.6. The molecule has 4 heteroatoms. The van der Waals surface area contributed by atoms with Crippen molar-refractivity contribution in [3.05, 3.63) is 144 Å². The van der Waals surface area contributed by atoms with Crippen LogP contribution in [0.2, 0.25) is 0 Å². The topological polar surface area (TPSA) is 61.4 Å². The van der Waals surface area contributed by atoms with Crippen molar-refractivity contribution in [2.75, 3.05) is 13.1 Å². The molecule has 3 N–H and O–H groups in total. The smallest absolute Gasteiger partial charge is 0.321 e. The molecule has 1 atom stereocenters. The quantitative estimate of drug-likeness (QED) is 0.248. The Balaban J connectivity index is 0.000000658. The number of carboxylic acid groups (broad SMARTS) is 1. The predicted molar refractivity (Wildman–Crippen MR) is 148 cm³/mol. The molecule has 0 spiro atoms. The Labute approximate surface area is 215 Å². The lowest BCUT2D eigenvalue weighted by Gasteiger charge is -2.39. The first-order valence-corrected chi connectivity index (χ1v) is 12.5. The molecule has 4 nitrogen and oxygen atoms in total. The predicted octanol–water partition coefficient (Wildman–Crippen LogP) is 5.88. The molecule has 0 unspecified atom stereocenters. The zero-order valence-electron chi connectivity index (χ0n) is 21.1. The fourth-order valence-corrected chi connectivity index (χ4v) is 4.38. The maximum Gasteiger partial charge on any atom is 0.321 e. The molecule has 0 aliphatic carbocycles. The lowest BCUT2D eigenvalue weighted by molar-refractivity contribution is -0.139. The average Bonchev–Trinajstić information content (AvgIpc) is 2.94. The largest absolute Gasteiger partial charge is 0.480 e. The third-order valence-electron chi connectivity index (χ3n) is 6.09. The van der Waals surface area contributed by atoms with Crippen molar-refractivity contribution < 1.29 is 9.90 Å². The van der Waals surface area contributed by atoms with E-state index < -0.39 is 17.6 Å². The van der Waals surface area contributed by atoms with Crippen molar-refractivity contribution >= 4 is 5.97 Å². The van der Waals surface area contributed by atoms with Gasteiger partial charge in [0.05, 0.1) is 5.54 Å². The van der Waals surface area contributed by atoms with E-state index >= 15 is 0 Å². The monoisotopic (exact) mass is 480 g/mol. The summed E-state index contributed by atoms with van der Waals surface area (Å²) in [5, 5.41) is 16.9. The lowest BCUT2D eigenvalue weighted by Crippen LogP contribution is -2.53. The van der Waals surface area contributed by atoms with Crippen LogP contribution in [0, 0.1) is 0 Å². The summed E-state index contributed by atoms with van der Waals surface area (Å²) in [7, 11) is 0. The Morgan fingerprint density at radius 2 is 1.03 bits per heavy atom. The first kappa shape index (κ1) is 26.9. The van der Waals surface area contributed by atoms with Gasteiger partial charge in [-0.25, -0.2) is 0 Å². The summed E-state index contributed by atoms with van der Waals surface area (Å²) >= 11 is 0. The molecule has 0 aromatic heterocycles. The summed E-state index contributed by atoms with van der Waals surface area (Å²) in [4.78, 5) is 12.4. The maximum absolute atomic E-state index is 12.4. The molecule has 0 radical (unpaired) electrons. The van der Waals surface area contributed by atoms with Gasteiger partial charge in [-0.05, 0) is 41.8 Å². The summed E-state index contributed by atoms with van der Waals surface area (Å²) in [6.45, 7) is 6.39. The molecule has 36 heavy (non-hydrogen) atoms. The minimum absolute atomic E-state index is 0.379. The van der Waals surface area contributed by atoms with Gasteiger partial charge in [0, 0.05) is 0 Å². The summed E-state index contributed by atoms with van der Waals surface area (Å²) in [5.74, 6) is -0.879. The van der Waals surface area contributed by atoms with E-state index in [1.807, 2.05) is 84.9 Å². The molecule has 0 fully saturated rings. The van der Waals surface area contributed by atoms with Gasteiger partial charge in [-0.1, -0.05) is 135 Å². The molecular formula is C32H36N2O2. The minimum Gasteiger partial charge on any atom is -0.480 e. The van der Waals surface area contributed by atoms with Crippen molar-refractivity contribution in [2.45, 2.75) is 31.8 Å². The second-order valence-corrected chi connectivity index (χ2v) is 8.53. The maximum atomic E-state index is 12.4. The Morgan fingerprint density at radius 3 is 1.33 bits per heavy atom. The van der Waals surface area contributed by atoms with Crippen LogP contribution in [0.15, 0.2) is 121 Å². The fourth-order valence-electron chi connectivity index (χ4n) is 4.38. The minimum atomic E-state index is -0.879. The second kappa shape index (κ2) is 14.0. The molecule has 186 valence electrons. The number of rotatable bonds is 10. The van der Waals surface area contributed by atoms with Gasteiger partial charge in [0.15, 0.2) is 0 Å². The highest BCUT2D eigenvalue weighted by molar-refractivity contribution is 5.74. The molecule has 0 aliphatic rings. The van der Waals surface area contributed by atoms with Crippen molar-refractivity contribution in [3.63, 3.8) is 0 Å². The molecule has 4 aromatic rings. The van der Waals surface area contributed by atoms with Gasteiger partial charge in [0.2, 0.25) is 0 Å². The number of benzene rings is 4. The van der Waals surface area contributed by atoms with E-state index in [1.165, 1.54) is 0 Å². The van der Waals surface area contributed by atoms with Crippen molar-refractivity contribution in [3.8, 4) is 0 Å². The number of hydrogen-bond donors (Lipinski definition) is 3. The van der Waals surface area contributed by atoms with E-state index in [-0.39, 0.29) is 0 Å². The lowest BCUT2D eigenvalue weighted by atomic mass is 9.76. The Kier molecular flexibility index (Phi) is 10.4. The number of hydrogen-bond acceptors (Lipinski definition) is 3. The van der Waals surface area contributed by atoms with Crippen LogP contribution in [0.4, 0.5) is 0 Å². The van der Waals surface area contributed by atoms with Crippen molar-refractivity contribution in [1.29, 1.82) is 0 Å². The highest BCUT2D eigenvalue weighted by Gasteiger charge is 2.39. The Bertz CT molecular complexity index is 1050. The van der Waals surface area contributed by atoms with Crippen LogP contribution in [0.25, 0.3) is 0 Å². The second-order valence-electron chi connectivity index (χ2n) is 8.53. The van der Waals surface area contributed by atoms with Gasteiger partial charge in [-0.3, -0.25) is 10.1 Å². The molecule has 0 saturated carbocycles. The zero-order valence-corrected chi connectivity index (χ0v) is 21.1. The van der Waals surface area contributed by atoms with E-state index in [2.05, 4.69) is 60.9 Å². The van der Waals surface area contributed by atoms with E-state index in [0.717, 1.165) is 35.3 Å². The van der Waals surface area contributed by atoms with Crippen LogP contribution < -0.4 is 10.6 Å². The van der Waals surface area contributed by atoms with Crippen molar-refractivity contribution in [2.24, 2.45) is 0 Å². The highest BCUT2D eigenvalue weighted by atomic mass is 16.4. The number of carboxylic acids is 1. The molecule has 0 saturated heterocycles. The van der Waals surface area contributed by atoms with Crippen LogP contribution in [0.5, 0.6) is 0 Å². The van der Waals surface area contributed by atoms with Gasteiger partial charge < -0.3 is 10.4 Å². The molecule has 0 bridgehead atoms.